The lowest BCUT2D eigenvalue weighted by atomic mass is 9.90. The summed E-state index contributed by atoms with van der Waals surface area (Å²) in [6.45, 7) is 1.91. The Morgan fingerprint density at radius 2 is 1.89 bits per heavy atom. The zero-order valence-corrected chi connectivity index (χ0v) is 10.5. The van der Waals surface area contributed by atoms with Crippen molar-refractivity contribution in [2.24, 2.45) is 11.1 Å². The molecule has 1 rings (SSSR count). The quantitative estimate of drug-likeness (QED) is 0.696. The first kappa shape index (κ1) is 14.2. The van der Waals surface area contributed by atoms with E-state index in [-0.39, 0.29) is 12.2 Å². The van der Waals surface area contributed by atoms with E-state index in [0.29, 0.717) is 12.8 Å². The van der Waals surface area contributed by atoms with Crippen LogP contribution in [0.4, 0.5) is 0 Å². The maximum absolute atomic E-state index is 11.9. The summed E-state index contributed by atoms with van der Waals surface area (Å²) in [6, 6.07) is 9.48. The Labute approximate surface area is 106 Å². The molecule has 0 heterocycles. The van der Waals surface area contributed by atoms with Crippen molar-refractivity contribution < 1.29 is 9.59 Å². The number of benzene rings is 1. The zero-order valence-electron chi connectivity index (χ0n) is 10.5. The highest BCUT2D eigenvalue weighted by Gasteiger charge is 2.21. The minimum Gasteiger partial charge on any atom is -0.299 e. The Morgan fingerprint density at radius 1 is 1.22 bits per heavy atom. The van der Waals surface area contributed by atoms with Gasteiger partial charge in [0, 0.05) is 23.9 Å². The summed E-state index contributed by atoms with van der Waals surface area (Å²) < 4.78 is 0. The smallest absolute Gasteiger partial charge is 0.287 e. The highest BCUT2D eigenvalue weighted by Crippen LogP contribution is 2.16. The molecule has 0 N–H and O–H groups in total. The number of amides is 1. The van der Waals surface area contributed by atoms with Gasteiger partial charge in [0.15, 0.2) is 0 Å². The minimum absolute atomic E-state index is 0.0263. The van der Waals surface area contributed by atoms with Crippen LogP contribution in [0.5, 0.6) is 0 Å². The predicted molar refractivity (Wildman–Crippen MR) is 69.0 cm³/mol. The normalized spacial score (nSPS) is 11.8. The molecule has 0 aliphatic heterocycles. The molecule has 0 aliphatic rings. The molecule has 0 saturated heterocycles. The third kappa shape index (κ3) is 4.57. The van der Waals surface area contributed by atoms with Crippen molar-refractivity contribution in [3.8, 4) is 0 Å². The lowest BCUT2D eigenvalue weighted by Gasteiger charge is -2.13. The zero-order chi connectivity index (χ0) is 13.4. The van der Waals surface area contributed by atoms with Crippen molar-refractivity contribution in [3.63, 3.8) is 0 Å². The summed E-state index contributed by atoms with van der Waals surface area (Å²) in [4.78, 5) is 33.2. The third-order valence-electron chi connectivity index (χ3n) is 2.80. The lowest BCUT2D eigenvalue weighted by molar-refractivity contribution is -0.127. The third-order valence-corrected chi connectivity index (χ3v) is 2.80. The van der Waals surface area contributed by atoms with Gasteiger partial charge in [-0.1, -0.05) is 37.3 Å². The van der Waals surface area contributed by atoms with Gasteiger partial charge in [-0.05, 0) is 18.4 Å². The van der Waals surface area contributed by atoms with Gasteiger partial charge in [0.25, 0.3) is 5.91 Å². The van der Waals surface area contributed by atoms with Crippen molar-refractivity contribution in [2.75, 3.05) is 0 Å². The molecule has 1 aromatic rings. The molecular weight excluding hydrogens is 230 g/mol. The summed E-state index contributed by atoms with van der Waals surface area (Å²) in [5.41, 5.74) is 0.991. The molecule has 1 aromatic carbocycles. The minimum atomic E-state index is -0.750. The van der Waals surface area contributed by atoms with Gasteiger partial charge >= 0.3 is 0 Å². The monoisotopic (exact) mass is 247 g/mol. The van der Waals surface area contributed by atoms with E-state index in [1.54, 1.807) is 0 Å². The van der Waals surface area contributed by atoms with Crippen LogP contribution in [-0.2, 0) is 16.0 Å². The van der Waals surface area contributed by atoms with Crippen LogP contribution in [0, 0.1) is 10.8 Å². The van der Waals surface area contributed by atoms with E-state index in [9.17, 15) is 14.5 Å². The lowest BCUT2D eigenvalue weighted by Crippen LogP contribution is -2.20. The first-order valence-corrected chi connectivity index (χ1v) is 6.10. The standard InChI is InChI=1S/C14H17NO3/c1-2-6-13(16)12(10-14(17)15-18)9-11-7-4-3-5-8-11/h3-5,7-8,12H,2,6,9-10H2,1H3. The van der Waals surface area contributed by atoms with E-state index in [1.807, 2.05) is 37.3 Å². The molecule has 1 atom stereocenters. The van der Waals surface area contributed by atoms with Crippen molar-refractivity contribution in [1.82, 2.24) is 0 Å². The molecule has 0 aromatic heterocycles. The van der Waals surface area contributed by atoms with E-state index >= 15 is 0 Å². The van der Waals surface area contributed by atoms with Crippen molar-refractivity contribution >= 4 is 11.7 Å². The van der Waals surface area contributed by atoms with Crippen LogP contribution in [0.1, 0.15) is 31.7 Å². The van der Waals surface area contributed by atoms with Crippen LogP contribution in [-0.4, -0.2) is 11.7 Å². The van der Waals surface area contributed by atoms with E-state index in [4.69, 9.17) is 0 Å². The van der Waals surface area contributed by atoms with Gasteiger partial charge in [-0.3, -0.25) is 9.59 Å². The Morgan fingerprint density at radius 3 is 2.44 bits per heavy atom. The number of carbonyl (C=O) groups is 2. The molecule has 0 spiro atoms. The topological polar surface area (TPSA) is 63.6 Å². The molecule has 0 saturated carbocycles. The fraction of sp³-hybridized carbons (Fsp3) is 0.429. The van der Waals surface area contributed by atoms with Crippen molar-refractivity contribution in [3.05, 3.63) is 40.8 Å². The average Bonchev–Trinajstić information content (AvgIpc) is 2.39. The number of nitrogens with zero attached hydrogens (tertiary/aromatic N) is 1. The van der Waals surface area contributed by atoms with Crippen LogP contribution >= 0.6 is 0 Å². The molecule has 18 heavy (non-hydrogen) atoms. The van der Waals surface area contributed by atoms with Crippen molar-refractivity contribution in [2.45, 2.75) is 32.6 Å². The Hall–Kier alpha value is -1.84. The molecule has 4 nitrogen and oxygen atoms in total. The van der Waals surface area contributed by atoms with E-state index in [1.165, 1.54) is 0 Å². The first-order chi connectivity index (χ1) is 8.67. The fourth-order valence-corrected chi connectivity index (χ4v) is 1.90. The first-order valence-electron chi connectivity index (χ1n) is 6.10. The molecule has 96 valence electrons. The Kier molecular flexibility index (Phi) is 5.91. The van der Waals surface area contributed by atoms with E-state index in [2.05, 4.69) is 5.18 Å². The van der Waals surface area contributed by atoms with Crippen LogP contribution in [0.15, 0.2) is 35.5 Å². The number of Topliss-reactive ketones (excluding diaryl/α,β-unsaturated/α-hetero) is 1. The summed E-state index contributed by atoms with van der Waals surface area (Å²) in [7, 11) is 0. The van der Waals surface area contributed by atoms with E-state index < -0.39 is 11.8 Å². The van der Waals surface area contributed by atoms with Gasteiger partial charge in [0.1, 0.15) is 5.78 Å². The highest BCUT2D eigenvalue weighted by molar-refractivity contribution is 5.87. The number of nitroso groups, excluding NO2 is 1. The van der Waals surface area contributed by atoms with Gasteiger partial charge < -0.3 is 0 Å². The second-order valence-electron chi connectivity index (χ2n) is 4.29. The van der Waals surface area contributed by atoms with Crippen LogP contribution in [0.2, 0.25) is 0 Å². The molecule has 1 amide bonds. The maximum atomic E-state index is 11.9. The van der Waals surface area contributed by atoms with Gasteiger partial charge in [-0.2, -0.15) is 0 Å². The molecular formula is C14H17NO3. The number of carbonyl (C=O) groups excluding carboxylic acids is 2. The van der Waals surface area contributed by atoms with Crippen LogP contribution < -0.4 is 0 Å². The predicted octanol–water partition coefficient (Wildman–Crippen LogP) is 2.90. The summed E-state index contributed by atoms with van der Waals surface area (Å²) >= 11 is 0. The number of hydrogen-bond donors (Lipinski definition) is 0. The van der Waals surface area contributed by atoms with Crippen molar-refractivity contribution in [1.29, 1.82) is 0 Å². The molecule has 0 fully saturated rings. The van der Waals surface area contributed by atoms with Gasteiger partial charge in [0.05, 0.1) is 0 Å². The second-order valence-corrected chi connectivity index (χ2v) is 4.29. The fourth-order valence-electron chi connectivity index (χ4n) is 1.90. The van der Waals surface area contributed by atoms with Crippen LogP contribution in [0.3, 0.4) is 0 Å². The van der Waals surface area contributed by atoms with Gasteiger partial charge in [-0.25, -0.2) is 0 Å². The summed E-state index contributed by atoms with van der Waals surface area (Å²) in [5.74, 6) is -1.16. The molecule has 0 radical (unpaired) electrons. The molecule has 0 bridgehead atoms. The second kappa shape index (κ2) is 7.48. The average molecular weight is 247 g/mol. The molecule has 0 aliphatic carbocycles. The van der Waals surface area contributed by atoms with Crippen LogP contribution in [0.25, 0.3) is 0 Å². The van der Waals surface area contributed by atoms with Gasteiger partial charge in [0.2, 0.25) is 0 Å². The Bertz CT molecular complexity index is 414. The number of ketones is 1. The summed E-state index contributed by atoms with van der Waals surface area (Å²) in [6.07, 6.45) is 1.58. The summed E-state index contributed by atoms with van der Waals surface area (Å²) in [5, 5.41) is 2.37. The molecule has 1 unspecified atom stereocenters. The SMILES string of the molecule is CCCC(=O)C(CC(=O)N=O)Cc1ccccc1. The number of hydrogen-bond acceptors (Lipinski definition) is 3. The Balaban J connectivity index is 2.74. The number of rotatable bonds is 7. The molecule has 4 heteroatoms. The van der Waals surface area contributed by atoms with Gasteiger partial charge in [-0.15, -0.1) is 4.91 Å². The highest BCUT2D eigenvalue weighted by atomic mass is 16.3. The van der Waals surface area contributed by atoms with E-state index in [0.717, 1.165) is 12.0 Å². The maximum Gasteiger partial charge on any atom is 0.287 e. The largest absolute Gasteiger partial charge is 0.299 e.